The Bertz CT molecular complexity index is 7730. The minimum atomic E-state index is -2.83. The monoisotopic (exact) mass is 2110 g/mol. The van der Waals surface area contributed by atoms with Gasteiger partial charge in [0, 0.05) is 24.7 Å². The molecule has 816 valence electrons. The summed E-state index contributed by atoms with van der Waals surface area (Å²) in [6, 6.07) is 68.1. The SMILES string of the molecule is [2H]C([2H])(CCC([2H])([2H])C([2H])(O)COc1cccc(C)c1)c1ccc(OC)c(OC)c1.[2H]C([2H])([2H])Oc1cc(C([2H])([2H])CCC([2H])([2H])C([2H])(O)COc2cccc(C)c2)ccc1OC.[2H]C([2H])([2H])Oc1cc(CCCC([2H])([2H])C([2H])(O)COc2cccc(C)c2)ccc1OC.[2H]C([2H])([2H])Oc1ccc(C([2H])([2H])CCC([2H])([2H])C([2H])(O)COc2cccc(C)c2)cc1OC.[2H]C([2H])([2H])Oc1ccc(CCCC([2H])([2H])C([2H])(O)COc2cccc(C)c2)cc1OC.[2H]C([2H])([2H])Oc1ccc(CCCC([2H])([2H])C([2H])(O)COc2cccc(C)c2)cc1OC([2H])([2H])[2H]. The third-order valence-electron chi connectivity index (χ3n) is 21.3. The molecule has 0 bridgehead atoms. The summed E-state index contributed by atoms with van der Waals surface area (Å²) in [6.07, 6.45) is -36.2. The molecule has 12 rings (SSSR count). The summed E-state index contributed by atoms with van der Waals surface area (Å²) in [5.41, 5.74) is 8.07. The van der Waals surface area contributed by atoms with Gasteiger partial charge in [-0.2, -0.15) is 0 Å². The van der Waals surface area contributed by atoms with Gasteiger partial charge in [0.05, 0.1) is 154 Å². The summed E-state index contributed by atoms with van der Waals surface area (Å²) in [5.74, 6) is 3.40. The molecule has 0 amide bonds. The first-order valence-electron chi connectivity index (χ1n) is 68.9. The van der Waals surface area contributed by atoms with Crippen LogP contribution in [-0.4, -0.2) is 192 Å². The smallest absolute Gasteiger partial charge is 0.160 e. The molecule has 0 spiro atoms. The highest BCUT2D eigenvalue weighted by atomic mass is 16.5. The van der Waals surface area contributed by atoms with Crippen molar-refractivity contribution in [1.29, 1.82) is 0 Å². The molecule has 24 nitrogen and oxygen atoms in total. The lowest BCUT2D eigenvalue weighted by Gasteiger charge is -2.13. The van der Waals surface area contributed by atoms with E-state index in [1.54, 1.807) is 146 Å². The highest BCUT2D eigenvalue weighted by Crippen LogP contribution is 2.36. The first-order chi connectivity index (χ1) is 88.2. The second-order valence-electron chi connectivity index (χ2n) is 33.1. The molecule has 0 aliphatic carbocycles. The van der Waals surface area contributed by atoms with Crippen LogP contribution in [0.2, 0.25) is 0 Å². The summed E-state index contributed by atoms with van der Waals surface area (Å²) in [5, 5.41) is 62.4. The van der Waals surface area contributed by atoms with Crippen LogP contribution in [-0.2, 0) is 38.4 Å². The summed E-state index contributed by atoms with van der Waals surface area (Å²) in [7, 11) is -7.98. The van der Waals surface area contributed by atoms with Crippen molar-refractivity contribution in [1.82, 2.24) is 0 Å². The van der Waals surface area contributed by atoms with Gasteiger partial charge in [-0.3, -0.25) is 0 Å². The number of ether oxygens (including phenoxy) is 18. The topological polar surface area (TPSA) is 288 Å². The maximum atomic E-state index is 10.4. The molecule has 24 heteroatoms. The van der Waals surface area contributed by atoms with Crippen molar-refractivity contribution in [3.05, 3.63) is 322 Å². The van der Waals surface area contributed by atoms with E-state index >= 15 is 0 Å². The Morgan fingerprint density at radius 3 is 0.553 bits per heavy atom. The van der Waals surface area contributed by atoms with Gasteiger partial charge in [-0.05, 0) is 369 Å². The van der Waals surface area contributed by atoms with Crippen LogP contribution < -0.4 is 85.3 Å². The van der Waals surface area contributed by atoms with Crippen LogP contribution in [0.1, 0.15) is 240 Å². The summed E-state index contributed by atoms with van der Waals surface area (Å²) in [6.45, 7) is 7.73. The largest absolute Gasteiger partial charge is 0.493 e. The van der Waals surface area contributed by atoms with Crippen LogP contribution in [0.3, 0.4) is 0 Å². The Balaban J connectivity index is 0.000000306. The fourth-order valence-corrected chi connectivity index (χ4v) is 13.7. The van der Waals surface area contributed by atoms with E-state index in [-0.39, 0.29) is 120 Å². The molecular formula is C126H168O24. The van der Waals surface area contributed by atoms with Crippen molar-refractivity contribution in [3.8, 4) is 103 Å². The minimum Gasteiger partial charge on any atom is -0.493 e. The van der Waals surface area contributed by atoms with Gasteiger partial charge in [0.1, 0.15) is 74.1 Å². The molecule has 0 fully saturated rings. The third kappa shape index (κ3) is 49.5. The summed E-state index contributed by atoms with van der Waals surface area (Å²) < 4.78 is 419. The molecule has 0 aliphatic heterocycles. The molecule has 12 aromatic rings. The van der Waals surface area contributed by atoms with Gasteiger partial charge in [0.25, 0.3) is 0 Å². The Kier molecular flexibility index (Phi) is 35.6. The molecule has 0 saturated heterocycles. The van der Waals surface area contributed by atoms with Gasteiger partial charge < -0.3 is 116 Å². The van der Waals surface area contributed by atoms with Gasteiger partial charge >= 0.3 is 0 Å². The lowest BCUT2D eigenvalue weighted by molar-refractivity contribution is 0.0976. The molecular weight excluding hydrogens is 1900 g/mol. The van der Waals surface area contributed by atoms with Crippen molar-refractivity contribution in [2.24, 2.45) is 0 Å². The van der Waals surface area contributed by atoms with E-state index < -0.39 is 195 Å². The Hall–Kier alpha value is -13.2. The predicted molar refractivity (Wildman–Crippen MR) is 599 cm³/mol. The molecule has 6 unspecified atom stereocenters. The average Bonchev–Trinajstić information content (AvgIpc) is 0.789. The van der Waals surface area contributed by atoms with Crippen molar-refractivity contribution in [3.63, 3.8) is 0 Å². The zero-order valence-electron chi connectivity index (χ0n) is 129. The fourth-order valence-electron chi connectivity index (χ4n) is 13.7. The molecule has 6 N–H and O–H groups in total. The number of hydrogen-bond donors (Lipinski definition) is 6. The first kappa shape index (κ1) is 73.9. The number of rotatable bonds is 60. The highest BCUT2D eigenvalue weighted by molar-refractivity contribution is 5.48. The van der Waals surface area contributed by atoms with E-state index in [2.05, 4.69) is 0 Å². The number of benzene rings is 12. The highest BCUT2D eigenvalue weighted by Gasteiger charge is 2.18. The molecule has 0 saturated carbocycles. The number of aryl methyl sites for hydroxylation is 12. The first-order valence-corrected chi connectivity index (χ1v) is 47.9. The molecule has 0 radical (unpaired) electrons. The second kappa shape index (κ2) is 72.3. The lowest BCUT2D eigenvalue weighted by atomic mass is 10.0. The summed E-state index contributed by atoms with van der Waals surface area (Å²) >= 11 is 0. The van der Waals surface area contributed by atoms with Crippen LogP contribution in [0.5, 0.6) is 103 Å². The second-order valence-corrected chi connectivity index (χ2v) is 33.1. The molecule has 6 atom stereocenters. The van der Waals surface area contributed by atoms with Crippen molar-refractivity contribution < 1.29 is 173 Å². The van der Waals surface area contributed by atoms with E-state index in [1.807, 2.05) is 77.9 Å². The molecule has 0 aromatic heterocycles. The van der Waals surface area contributed by atoms with Crippen LogP contribution in [0.4, 0.5) is 0 Å². The van der Waals surface area contributed by atoms with E-state index in [1.165, 1.54) is 115 Å². The van der Waals surface area contributed by atoms with Crippen LogP contribution in [0.15, 0.2) is 255 Å². The number of aliphatic hydroxyl groups is 6. The number of methoxy groups -OCH3 is 12. The summed E-state index contributed by atoms with van der Waals surface area (Å²) in [4.78, 5) is 0. The van der Waals surface area contributed by atoms with Gasteiger partial charge in [-0.15, -0.1) is 0 Å². The third-order valence-corrected chi connectivity index (χ3v) is 21.3. The van der Waals surface area contributed by atoms with E-state index in [0.29, 0.717) is 82.8 Å². The molecule has 0 aliphatic rings. The van der Waals surface area contributed by atoms with Gasteiger partial charge in [-0.1, -0.05) is 148 Å². The standard InChI is InChI=1S/6C21H28O4/c6*1-16-7-6-10-19(13-16)25-15-18(22)9-5-4-8-17-11-12-20(23-2)21(14-17)24-3/h6*6-7,10-14,18,22H,4-5,8-9,15H2,1-3H3/i3D3,8D2,9D2,18D;2D3,8D2,9D2,18D;2D3,3D3,9D2,18D;8D2,9D2,18D;3D3,9D2,18D;2D3,9D2,18D. The zero-order chi connectivity index (χ0) is 145. The maximum Gasteiger partial charge on any atom is 0.160 e. The van der Waals surface area contributed by atoms with Gasteiger partial charge in [-0.25, -0.2) is 0 Å². The van der Waals surface area contributed by atoms with Crippen molar-refractivity contribution in [2.75, 3.05) is 125 Å². The Morgan fingerprint density at radius 2 is 0.367 bits per heavy atom. The van der Waals surface area contributed by atoms with Gasteiger partial charge in [0.15, 0.2) is 69.0 Å². The van der Waals surface area contributed by atoms with E-state index in [9.17, 15) is 30.6 Å². The maximum absolute atomic E-state index is 10.4. The minimum absolute atomic E-state index is 0.0130. The molecule has 12 aromatic carbocycles. The van der Waals surface area contributed by atoms with Crippen LogP contribution >= 0.6 is 0 Å². The molecule has 150 heavy (non-hydrogen) atoms. The van der Waals surface area contributed by atoms with Crippen LogP contribution in [0.25, 0.3) is 0 Å². The zero-order valence-corrected chi connectivity index (χ0v) is 86.6. The fraction of sp³-hybridized carbons (Fsp3) is 0.429. The van der Waals surface area contributed by atoms with Crippen molar-refractivity contribution >= 4 is 0 Å². The predicted octanol–water partition coefficient (Wildman–Crippen LogP) is 25.0. The quantitative estimate of drug-likeness (QED) is 0.0206. The van der Waals surface area contributed by atoms with Crippen LogP contribution in [0, 0.1) is 41.5 Å². The lowest BCUT2D eigenvalue weighted by Crippen LogP contribution is -2.17. The Labute approximate surface area is 952 Å². The Morgan fingerprint density at radius 1 is 0.200 bits per heavy atom. The van der Waals surface area contributed by atoms with E-state index in [0.717, 1.165) is 44.5 Å². The normalized spacial score (nSPS) is 18.6. The van der Waals surface area contributed by atoms with Gasteiger partial charge in [0.2, 0.25) is 0 Å². The average molecular weight is 2110 g/mol. The van der Waals surface area contributed by atoms with Crippen molar-refractivity contribution in [2.45, 2.75) is 232 Å². The van der Waals surface area contributed by atoms with E-state index in [4.69, 9.17) is 143 Å². The number of hydrogen-bond acceptors (Lipinski definition) is 24. The molecule has 0 heterocycles.